The highest BCUT2D eigenvalue weighted by atomic mass is 16.3. The summed E-state index contributed by atoms with van der Waals surface area (Å²) in [4.78, 5) is 23.2. The number of unbranched alkanes of at least 4 members (excludes halogenated alkanes) is 10. The van der Waals surface area contributed by atoms with Crippen molar-refractivity contribution < 1.29 is 24.9 Å². The van der Waals surface area contributed by atoms with Crippen LogP contribution in [0.5, 0.6) is 0 Å². The predicted molar refractivity (Wildman–Crippen MR) is 125 cm³/mol. The van der Waals surface area contributed by atoms with Crippen LogP contribution in [0.1, 0.15) is 110 Å². The molecule has 1 aliphatic carbocycles. The zero-order valence-corrected chi connectivity index (χ0v) is 19.4. The maximum Gasteiger partial charge on any atom is 0.178 e. The molecule has 0 aromatic carbocycles. The summed E-state index contributed by atoms with van der Waals surface area (Å²) in [6.45, 7) is 2.24. The smallest absolute Gasteiger partial charge is 0.178 e. The minimum atomic E-state index is -1.27. The first kappa shape index (κ1) is 27.7. The fourth-order valence-corrected chi connectivity index (χ4v) is 3.99. The van der Waals surface area contributed by atoms with E-state index in [4.69, 9.17) is 0 Å². The third-order valence-corrected chi connectivity index (χ3v) is 6.03. The van der Waals surface area contributed by atoms with Gasteiger partial charge in [-0.25, -0.2) is 0 Å². The van der Waals surface area contributed by atoms with Gasteiger partial charge in [-0.1, -0.05) is 77.6 Å². The second-order valence-corrected chi connectivity index (χ2v) is 9.17. The third kappa shape index (κ3) is 14.4. The molecule has 0 aromatic rings. The standard InChI is InChI=1S/C26H44O5/c1-2-3-4-5-6-7-8-9-10-11-12-13-23(28)20-25(30)21-24(29)16-19-26(31)17-14-22(27)15-18-26/h14-15,17-18,23,25,28,30-31H,2-13,16,19-21H2,1H3/t23-,25+/m0/s1. The van der Waals surface area contributed by atoms with Crippen LogP contribution in [0.25, 0.3) is 0 Å². The second kappa shape index (κ2) is 16.3. The van der Waals surface area contributed by atoms with E-state index in [2.05, 4.69) is 6.92 Å². The summed E-state index contributed by atoms with van der Waals surface area (Å²) in [6, 6.07) is 0. The van der Waals surface area contributed by atoms with E-state index < -0.39 is 17.8 Å². The molecule has 1 rings (SSSR count). The average Bonchev–Trinajstić information content (AvgIpc) is 2.73. The molecule has 0 unspecified atom stereocenters. The molecule has 0 fully saturated rings. The molecule has 2 atom stereocenters. The molecule has 31 heavy (non-hydrogen) atoms. The van der Waals surface area contributed by atoms with E-state index in [0.29, 0.717) is 6.42 Å². The van der Waals surface area contributed by atoms with Gasteiger partial charge in [0, 0.05) is 12.8 Å². The van der Waals surface area contributed by atoms with Crippen molar-refractivity contribution in [3.8, 4) is 0 Å². The summed E-state index contributed by atoms with van der Waals surface area (Å²) in [6.07, 6.45) is 19.0. The summed E-state index contributed by atoms with van der Waals surface area (Å²) in [5.41, 5.74) is -1.27. The van der Waals surface area contributed by atoms with E-state index in [1.165, 1.54) is 82.1 Å². The van der Waals surface area contributed by atoms with Gasteiger partial charge in [-0.3, -0.25) is 9.59 Å². The molecule has 0 heterocycles. The van der Waals surface area contributed by atoms with Crippen LogP contribution in [0.3, 0.4) is 0 Å². The van der Waals surface area contributed by atoms with Gasteiger partial charge in [-0.05, 0) is 43.6 Å². The van der Waals surface area contributed by atoms with Gasteiger partial charge in [0.25, 0.3) is 0 Å². The first-order chi connectivity index (χ1) is 14.8. The lowest BCUT2D eigenvalue weighted by atomic mass is 9.90. The Morgan fingerprint density at radius 1 is 0.871 bits per heavy atom. The molecule has 1 aliphatic rings. The number of carbonyl (C=O) groups excluding carboxylic acids is 2. The van der Waals surface area contributed by atoms with E-state index in [0.717, 1.165) is 12.8 Å². The highest BCUT2D eigenvalue weighted by molar-refractivity contribution is 6.00. The summed E-state index contributed by atoms with van der Waals surface area (Å²) < 4.78 is 0. The Labute approximate surface area is 188 Å². The van der Waals surface area contributed by atoms with Gasteiger partial charge >= 0.3 is 0 Å². The van der Waals surface area contributed by atoms with E-state index in [9.17, 15) is 24.9 Å². The molecule has 0 saturated carbocycles. The Hall–Kier alpha value is -1.30. The topological polar surface area (TPSA) is 94.8 Å². The number of carbonyl (C=O) groups is 2. The van der Waals surface area contributed by atoms with Crippen LogP contribution in [0.4, 0.5) is 0 Å². The van der Waals surface area contributed by atoms with Crippen LogP contribution >= 0.6 is 0 Å². The van der Waals surface area contributed by atoms with Gasteiger partial charge in [-0.2, -0.15) is 0 Å². The molecule has 178 valence electrons. The molecule has 5 nitrogen and oxygen atoms in total. The molecular formula is C26H44O5. The highest BCUT2D eigenvalue weighted by Gasteiger charge is 2.25. The van der Waals surface area contributed by atoms with E-state index in [-0.39, 0.29) is 37.2 Å². The number of Topliss-reactive ketones (excluding diaryl/α,β-unsaturated/α-hetero) is 1. The number of rotatable bonds is 19. The molecule has 3 N–H and O–H groups in total. The molecule has 5 heteroatoms. The lowest BCUT2D eigenvalue weighted by Crippen LogP contribution is -2.27. The number of hydrogen-bond acceptors (Lipinski definition) is 5. The van der Waals surface area contributed by atoms with Crippen LogP contribution in [0, 0.1) is 0 Å². The van der Waals surface area contributed by atoms with Gasteiger partial charge < -0.3 is 15.3 Å². The number of hydrogen-bond donors (Lipinski definition) is 3. The van der Waals surface area contributed by atoms with E-state index >= 15 is 0 Å². The van der Waals surface area contributed by atoms with E-state index in [1.54, 1.807) is 0 Å². The molecule has 0 aromatic heterocycles. The van der Waals surface area contributed by atoms with Crippen molar-refractivity contribution in [2.75, 3.05) is 0 Å². The Morgan fingerprint density at radius 3 is 1.94 bits per heavy atom. The summed E-state index contributed by atoms with van der Waals surface area (Å²) in [5.74, 6) is -0.334. The molecule has 0 bridgehead atoms. The van der Waals surface area contributed by atoms with Crippen LogP contribution < -0.4 is 0 Å². The molecule has 0 radical (unpaired) electrons. The first-order valence-electron chi connectivity index (χ1n) is 12.4. The van der Waals surface area contributed by atoms with Crippen LogP contribution in [0.15, 0.2) is 24.3 Å². The van der Waals surface area contributed by atoms with Crippen molar-refractivity contribution in [3.63, 3.8) is 0 Å². The van der Waals surface area contributed by atoms with Crippen LogP contribution in [-0.2, 0) is 9.59 Å². The normalized spacial score (nSPS) is 17.1. The molecule has 0 amide bonds. The monoisotopic (exact) mass is 436 g/mol. The number of ketones is 2. The summed E-state index contributed by atoms with van der Waals surface area (Å²) >= 11 is 0. The third-order valence-electron chi connectivity index (χ3n) is 6.03. The van der Waals surface area contributed by atoms with Crippen molar-refractivity contribution in [1.29, 1.82) is 0 Å². The van der Waals surface area contributed by atoms with Gasteiger partial charge in [0.15, 0.2) is 5.78 Å². The first-order valence-corrected chi connectivity index (χ1v) is 12.4. The Bertz CT molecular complexity index is 550. The summed E-state index contributed by atoms with van der Waals surface area (Å²) in [5, 5.41) is 30.5. The maximum atomic E-state index is 12.1. The molecule has 0 aliphatic heterocycles. The SMILES string of the molecule is CCCCCCCCCCCCC[C@H](O)C[C@@H](O)CC(=O)CCC1(O)C=CC(=O)C=C1. The van der Waals surface area contributed by atoms with Crippen molar-refractivity contribution in [3.05, 3.63) is 24.3 Å². The Kier molecular flexibility index (Phi) is 14.6. The predicted octanol–water partition coefficient (Wildman–Crippen LogP) is 4.97. The second-order valence-electron chi connectivity index (χ2n) is 9.17. The zero-order valence-electron chi connectivity index (χ0n) is 19.4. The Balaban J connectivity index is 2.02. The largest absolute Gasteiger partial charge is 0.393 e. The zero-order chi connectivity index (χ0) is 23.0. The average molecular weight is 437 g/mol. The van der Waals surface area contributed by atoms with Gasteiger partial charge in [0.1, 0.15) is 11.4 Å². The highest BCUT2D eigenvalue weighted by Crippen LogP contribution is 2.21. The molecule has 0 spiro atoms. The fourth-order valence-electron chi connectivity index (χ4n) is 3.99. The van der Waals surface area contributed by atoms with Gasteiger partial charge in [0.05, 0.1) is 12.2 Å². The van der Waals surface area contributed by atoms with Gasteiger partial charge in [0.2, 0.25) is 0 Å². The van der Waals surface area contributed by atoms with Crippen molar-refractivity contribution in [2.24, 2.45) is 0 Å². The molecular weight excluding hydrogens is 392 g/mol. The van der Waals surface area contributed by atoms with Crippen molar-refractivity contribution >= 4 is 11.6 Å². The van der Waals surface area contributed by atoms with Crippen LogP contribution in [0.2, 0.25) is 0 Å². The minimum absolute atomic E-state index is 0.0161. The lowest BCUT2D eigenvalue weighted by molar-refractivity contribution is -0.122. The van der Waals surface area contributed by atoms with E-state index in [1.807, 2.05) is 0 Å². The summed E-state index contributed by atoms with van der Waals surface area (Å²) in [7, 11) is 0. The number of aliphatic hydroxyl groups is 3. The fraction of sp³-hybridized carbons (Fsp3) is 0.769. The van der Waals surface area contributed by atoms with Crippen molar-refractivity contribution in [1.82, 2.24) is 0 Å². The minimum Gasteiger partial charge on any atom is -0.393 e. The quantitative estimate of drug-likeness (QED) is 0.249. The molecule has 0 saturated heterocycles. The maximum absolute atomic E-state index is 12.1. The number of allylic oxidation sites excluding steroid dienone is 2. The van der Waals surface area contributed by atoms with Gasteiger partial charge in [-0.15, -0.1) is 0 Å². The lowest BCUT2D eigenvalue weighted by Gasteiger charge is -2.22. The van der Waals surface area contributed by atoms with Crippen molar-refractivity contribution in [2.45, 2.75) is 127 Å². The van der Waals surface area contributed by atoms with Crippen LogP contribution in [-0.4, -0.2) is 44.7 Å². The number of aliphatic hydroxyl groups excluding tert-OH is 2. The Morgan fingerprint density at radius 2 is 1.39 bits per heavy atom.